The largest absolute Gasteiger partial charge is 0.477 e. The monoisotopic (exact) mass is 1040 g/mol. The fourth-order valence-electron chi connectivity index (χ4n) is 7.79. The molecule has 0 aliphatic carbocycles. The first-order chi connectivity index (χ1) is 35.2. The summed E-state index contributed by atoms with van der Waals surface area (Å²) in [4.78, 5) is 126. The molecule has 8 atom stereocenters. The van der Waals surface area contributed by atoms with Crippen LogP contribution in [0.15, 0.2) is 41.0 Å². The number of carbonyl (C=O) groups is 9. The molecule has 74 heavy (non-hydrogen) atoms. The highest BCUT2D eigenvalue weighted by atomic mass is 16.4. The number of likely N-dealkylation sites (tertiary alicyclic amines) is 1. The number of aliphatic hydroxyl groups excluding tert-OH is 1. The first-order valence-corrected chi connectivity index (χ1v) is 24.9. The van der Waals surface area contributed by atoms with E-state index in [0.29, 0.717) is 44.2 Å². The van der Waals surface area contributed by atoms with E-state index in [-0.39, 0.29) is 77.1 Å². The highest BCUT2D eigenvalue weighted by Crippen LogP contribution is 2.21. The Morgan fingerprint density at radius 1 is 0.784 bits per heavy atom. The van der Waals surface area contributed by atoms with Gasteiger partial charge in [0.1, 0.15) is 41.9 Å². The maximum Gasteiger partial charge on any atom is 0.352 e. The number of carbonyl (C=O) groups excluding carboxylic acids is 8. The van der Waals surface area contributed by atoms with E-state index >= 15 is 0 Å². The topological polar surface area (TPSA) is 476 Å². The van der Waals surface area contributed by atoms with Gasteiger partial charge in [0.25, 0.3) is 0 Å². The number of rotatable bonds is 34. The van der Waals surface area contributed by atoms with E-state index in [1.165, 1.54) is 17.9 Å². The molecule has 23 N–H and O–H groups in total. The standard InChI is InChI=1S/C47H80N16O11/c1-27-11-7-12-29(23-27)24-34(42(69)59-31(14-4-6-19-49)41(68)60-33(46(73)74)16-9-21-55-47(53)54)61-43(70)35-17-10-22-63(35)45(72)32(15-8-20-50)58-37(65)26-56-39(66)28(2)57-44(71)38(36(64)25-51)62-40(67)30(52)13-3-5-18-48/h7,11-12,16,23,28,30-32,34-36,38,64H,3-6,8-10,13-15,17-22,24-26,48-52H2,1-2H3,(H,56,66)(H,57,71)(H,58,65)(H,59,69)(H,60,68)(H,61,70)(H,62,67)(H,73,74)(H4,53,54,55)/b33-16-/t28-,30?,31-,32+,34-,35-,36-,38-/m0/s1. The van der Waals surface area contributed by atoms with Crippen LogP contribution in [0, 0.1) is 6.92 Å². The molecule has 2 rings (SSSR count). The number of hydrogen-bond acceptors (Lipinski definition) is 16. The molecular weight excluding hydrogens is 965 g/mol. The summed E-state index contributed by atoms with van der Waals surface area (Å²) in [5, 5.41) is 37.8. The number of unbranched alkanes of at least 4 members (excludes halogenated alkanes) is 2. The summed E-state index contributed by atoms with van der Waals surface area (Å²) >= 11 is 0. The van der Waals surface area contributed by atoms with Gasteiger partial charge in [-0.25, -0.2) is 4.79 Å². The fourth-order valence-corrected chi connectivity index (χ4v) is 7.79. The molecule has 1 heterocycles. The molecule has 8 amide bonds. The van der Waals surface area contributed by atoms with E-state index in [0.717, 1.165) is 5.56 Å². The first-order valence-electron chi connectivity index (χ1n) is 24.9. The van der Waals surface area contributed by atoms with E-state index < -0.39 is 120 Å². The van der Waals surface area contributed by atoms with Crippen molar-refractivity contribution < 1.29 is 53.4 Å². The van der Waals surface area contributed by atoms with E-state index in [4.69, 9.17) is 40.1 Å². The van der Waals surface area contributed by atoms with Crippen molar-refractivity contribution in [2.75, 3.05) is 45.8 Å². The molecule has 0 spiro atoms. The number of nitrogens with zero attached hydrogens (tertiary/aromatic N) is 2. The van der Waals surface area contributed by atoms with E-state index in [1.807, 2.05) is 19.1 Å². The van der Waals surface area contributed by atoms with Crippen molar-refractivity contribution in [1.29, 1.82) is 0 Å². The molecule has 414 valence electrons. The summed E-state index contributed by atoms with van der Waals surface area (Å²) < 4.78 is 0. The fraction of sp³-hybridized carbons (Fsp3) is 0.617. The Balaban J connectivity index is 2.25. The van der Waals surface area contributed by atoms with Crippen molar-refractivity contribution in [3.8, 4) is 0 Å². The van der Waals surface area contributed by atoms with Crippen LogP contribution in [0.25, 0.3) is 0 Å². The second-order valence-corrected chi connectivity index (χ2v) is 18.0. The number of aryl methyl sites for hydroxylation is 1. The van der Waals surface area contributed by atoms with Crippen LogP contribution in [0.1, 0.15) is 88.7 Å². The Labute approximate surface area is 431 Å². The molecule has 1 saturated heterocycles. The van der Waals surface area contributed by atoms with Crippen molar-refractivity contribution in [2.45, 2.75) is 139 Å². The molecule has 0 aromatic heterocycles. The Hall–Kier alpha value is -6.78. The first kappa shape index (κ1) is 63.3. The average molecular weight is 1050 g/mol. The average Bonchev–Trinajstić information content (AvgIpc) is 3.86. The zero-order valence-corrected chi connectivity index (χ0v) is 42.4. The quantitative estimate of drug-likeness (QED) is 0.0132. The number of benzene rings is 1. The highest BCUT2D eigenvalue weighted by molar-refractivity contribution is 5.99. The third-order valence-electron chi connectivity index (χ3n) is 11.9. The van der Waals surface area contributed by atoms with Gasteiger partial charge in [-0.05, 0) is 103 Å². The number of amides is 8. The second kappa shape index (κ2) is 33.9. The molecule has 0 radical (unpaired) electrons. The lowest BCUT2D eigenvalue weighted by Gasteiger charge is -2.30. The van der Waals surface area contributed by atoms with Crippen LogP contribution in [0.2, 0.25) is 0 Å². The lowest BCUT2D eigenvalue weighted by atomic mass is 10.0. The summed E-state index contributed by atoms with van der Waals surface area (Å²) in [5.74, 6) is -7.86. The SMILES string of the molecule is Cc1cccc(C[C@H](NC(=O)[C@@H]2CCCN2C(=O)[C@@H](CCCN)NC(=O)CNC(=O)[C@H](C)NC(=O)[C@@H](NC(=O)C(N)CCCCN)[C@@H](O)CN)C(=O)N[C@@H](CCCCN)C(=O)N/C(=C\CCN=C(N)N)C(=O)O)c1. The minimum Gasteiger partial charge on any atom is -0.477 e. The number of carboxylic acids is 1. The molecule has 1 fully saturated rings. The molecule has 1 aromatic rings. The predicted octanol–water partition coefficient (Wildman–Crippen LogP) is -5.52. The van der Waals surface area contributed by atoms with Crippen LogP contribution < -0.4 is 77.4 Å². The molecule has 27 nitrogen and oxygen atoms in total. The maximum atomic E-state index is 14.2. The van der Waals surface area contributed by atoms with Crippen LogP contribution in [-0.4, -0.2) is 169 Å². The maximum absolute atomic E-state index is 14.2. The number of hydrogen-bond donors (Lipinski definition) is 16. The van der Waals surface area contributed by atoms with E-state index in [1.54, 1.807) is 12.1 Å². The van der Waals surface area contributed by atoms with Crippen LogP contribution in [-0.2, 0) is 49.6 Å². The Morgan fingerprint density at radius 2 is 1.45 bits per heavy atom. The van der Waals surface area contributed by atoms with Gasteiger partial charge in [0.15, 0.2) is 5.96 Å². The van der Waals surface area contributed by atoms with Crippen molar-refractivity contribution in [2.24, 2.45) is 45.1 Å². The molecule has 1 aliphatic rings. The lowest BCUT2D eigenvalue weighted by molar-refractivity contribution is -0.142. The number of carboxylic acid groups (broad SMARTS) is 1. The van der Waals surface area contributed by atoms with E-state index in [9.17, 15) is 53.4 Å². The Bertz CT molecular complexity index is 2110. The molecule has 1 unspecified atom stereocenters. The summed E-state index contributed by atoms with van der Waals surface area (Å²) in [6, 6.07) is -1.52. The summed E-state index contributed by atoms with van der Waals surface area (Å²) in [6.07, 6.45) is 3.01. The van der Waals surface area contributed by atoms with Gasteiger partial charge in [-0.2, -0.15) is 0 Å². The molecule has 0 saturated carbocycles. The summed E-state index contributed by atoms with van der Waals surface area (Å²) in [7, 11) is 0. The predicted molar refractivity (Wildman–Crippen MR) is 274 cm³/mol. The Kier molecular flexibility index (Phi) is 29.0. The van der Waals surface area contributed by atoms with Crippen molar-refractivity contribution in [1.82, 2.24) is 42.1 Å². The third kappa shape index (κ3) is 22.5. The summed E-state index contributed by atoms with van der Waals surface area (Å²) in [5.41, 5.74) is 40.2. The molecule has 0 bridgehead atoms. The highest BCUT2D eigenvalue weighted by Gasteiger charge is 2.39. The molecule has 1 aromatic carbocycles. The molecule has 27 heteroatoms. The van der Waals surface area contributed by atoms with Gasteiger partial charge < -0.3 is 92.5 Å². The molecular formula is C47H80N16O11. The summed E-state index contributed by atoms with van der Waals surface area (Å²) in [6.45, 7) is 3.08. The number of aliphatic hydroxyl groups is 1. The van der Waals surface area contributed by atoms with Crippen molar-refractivity contribution in [3.05, 3.63) is 47.2 Å². The zero-order chi connectivity index (χ0) is 55.3. The van der Waals surface area contributed by atoms with Gasteiger partial charge >= 0.3 is 5.97 Å². The number of guanidine groups is 1. The minimum absolute atomic E-state index is 0.0389. The number of nitrogens with two attached hydrogens (primary N) is 7. The van der Waals surface area contributed by atoms with Crippen LogP contribution >= 0.6 is 0 Å². The number of aliphatic imine (C=N–C) groups is 1. The van der Waals surface area contributed by atoms with Gasteiger partial charge in [-0.3, -0.25) is 43.3 Å². The van der Waals surface area contributed by atoms with Gasteiger partial charge in [0.05, 0.1) is 18.7 Å². The van der Waals surface area contributed by atoms with Crippen molar-refractivity contribution >= 4 is 59.2 Å². The van der Waals surface area contributed by atoms with E-state index in [2.05, 4.69) is 42.2 Å². The van der Waals surface area contributed by atoms with Gasteiger partial charge in [-0.1, -0.05) is 42.3 Å². The van der Waals surface area contributed by atoms with Crippen LogP contribution in [0.5, 0.6) is 0 Å². The number of aliphatic carboxylic acids is 1. The normalized spacial score (nSPS) is 16.2. The lowest BCUT2D eigenvalue weighted by Crippen LogP contribution is -2.60. The molecule has 1 aliphatic heterocycles. The smallest absolute Gasteiger partial charge is 0.352 e. The Morgan fingerprint density at radius 3 is 2.07 bits per heavy atom. The minimum atomic E-state index is -1.56. The third-order valence-corrected chi connectivity index (χ3v) is 11.9. The zero-order valence-electron chi connectivity index (χ0n) is 42.4. The second-order valence-electron chi connectivity index (χ2n) is 18.0. The van der Waals surface area contributed by atoms with Crippen LogP contribution in [0.3, 0.4) is 0 Å². The van der Waals surface area contributed by atoms with Gasteiger partial charge in [0.2, 0.25) is 47.3 Å². The van der Waals surface area contributed by atoms with Crippen LogP contribution in [0.4, 0.5) is 0 Å². The van der Waals surface area contributed by atoms with Gasteiger partial charge in [-0.15, -0.1) is 0 Å². The number of nitrogens with one attached hydrogen (secondary N) is 7. The van der Waals surface area contributed by atoms with Gasteiger partial charge in [0, 0.05) is 26.1 Å². The van der Waals surface area contributed by atoms with Crippen molar-refractivity contribution in [3.63, 3.8) is 0 Å².